The van der Waals surface area contributed by atoms with E-state index in [4.69, 9.17) is 4.74 Å². The number of morpholine rings is 1. The van der Waals surface area contributed by atoms with Gasteiger partial charge < -0.3 is 4.74 Å². The predicted molar refractivity (Wildman–Crippen MR) is 49.5 cm³/mol. The third kappa shape index (κ3) is 3.68. The lowest BCUT2D eigenvalue weighted by Crippen LogP contribution is -2.43. The van der Waals surface area contributed by atoms with Crippen LogP contribution in [0.3, 0.4) is 0 Å². The second-order valence-electron chi connectivity index (χ2n) is 3.90. The number of hydrogen-bond acceptors (Lipinski definition) is 4. The number of rotatable bonds is 3. The SMILES string of the molecule is CC(C)(CN1CCOCC1)N=C=O. The summed E-state index contributed by atoms with van der Waals surface area (Å²) < 4.78 is 5.22. The van der Waals surface area contributed by atoms with Crippen molar-refractivity contribution in [1.29, 1.82) is 0 Å². The monoisotopic (exact) mass is 184 g/mol. The molecule has 0 N–H and O–H groups in total. The predicted octanol–water partition coefficient (Wildman–Crippen LogP) is 0.433. The zero-order chi connectivity index (χ0) is 9.73. The van der Waals surface area contributed by atoms with E-state index in [9.17, 15) is 4.79 Å². The number of aliphatic imine (C=N–C) groups is 1. The summed E-state index contributed by atoms with van der Waals surface area (Å²) >= 11 is 0. The second kappa shape index (κ2) is 4.51. The number of hydrogen-bond donors (Lipinski definition) is 0. The Balaban J connectivity index is 2.41. The average Bonchev–Trinajstić information content (AvgIpc) is 2.04. The van der Waals surface area contributed by atoms with E-state index in [0.717, 1.165) is 32.8 Å². The van der Waals surface area contributed by atoms with Crippen LogP contribution in [0.2, 0.25) is 0 Å². The molecule has 1 heterocycles. The maximum atomic E-state index is 10.1. The first-order valence-corrected chi connectivity index (χ1v) is 4.53. The maximum absolute atomic E-state index is 10.1. The molecule has 13 heavy (non-hydrogen) atoms. The van der Waals surface area contributed by atoms with E-state index in [1.54, 1.807) is 6.08 Å². The van der Waals surface area contributed by atoms with Crippen LogP contribution in [0, 0.1) is 0 Å². The van der Waals surface area contributed by atoms with Crippen molar-refractivity contribution in [3.05, 3.63) is 0 Å². The highest BCUT2D eigenvalue weighted by atomic mass is 16.5. The molecule has 1 saturated heterocycles. The number of ether oxygens (including phenoxy) is 1. The van der Waals surface area contributed by atoms with Crippen LogP contribution in [-0.2, 0) is 9.53 Å². The highest BCUT2D eigenvalue weighted by Gasteiger charge is 2.22. The summed E-state index contributed by atoms with van der Waals surface area (Å²) in [6.45, 7) is 8.09. The van der Waals surface area contributed by atoms with Gasteiger partial charge in [0.25, 0.3) is 0 Å². The topological polar surface area (TPSA) is 41.9 Å². The molecule has 4 heteroatoms. The normalized spacial score (nSPS) is 19.5. The van der Waals surface area contributed by atoms with Crippen molar-refractivity contribution >= 4 is 6.08 Å². The van der Waals surface area contributed by atoms with Crippen LogP contribution in [0.25, 0.3) is 0 Å². The van der Waals surface area contributed by atoms with Gasteiger partial charge in [0.1, 0.15) is 0 Å². The molecule has 0 aliphatic carbocycles. The molecular weight excluding hydrogens is 168 g/mol. The van der Waals surface area contributed by atoms with Gasteiger partial charge in [-0.3, -0.25) is 4.90 Å². The highest BCUT2D eigenvalue weighted by Crippen LogP contribution is 2.11. The fraction of sp³-hybridized carbons (Fsp3) is 0.889. The lowest BCUT2D eigenvalue weighted by Gasteiger charge is -2.31. The van der Waals surface area contributed by atoms with Crippen molar-refractivity contribution in [1.82, 2.24) is 4.90 Å². The van der Waals surface area contributed by atoms with E-state index in [2.05, 4.69) is 9.89 Å². The van der Waals surface area contributed by atoms with Crippen LogP contribution in [-0.4, -0.2) is 49.4 Å². The average molecular weight is 184 g/mol. The number of nitrogens with zero attached hydrogens (tertiary/aromatic N) is 2. The van der Waals surface area contributed by atoms with Crippen molar-refractivity contribution in [3.8, 4) is 0 Å². The molecule has 1 rings (SSSR count). The molecule has 0 aromatic heterocycles. The zero-order valence-corrected chi connectivity index (χ0v) is 8.25. The van der Waals surface area contributed by atoms with Crippen LogP contribution in [0.15, 0.2) is 4.99 Å². The molecular formula is C9H16N2O2. The Morgan fingerprint density at radius 3 is 2.62 bits per heavy atom. The summed E-state index contributed by atoms with van der Waals surface area (Å²) in [5.74, 6) is 0. The van der Waals surface area contributed by atoms with Crippen molar-refractivity contribution in [2.75, 3.05) is 32.8 Å². The van der Waals surface area contributed by atoms with Gasteiger partial charge in [-0.1, -0.05) is 0 Å². The third-order valence-corrected chi connectivity index (χ3v) is 2.06. The smallest absolute Gasteiger partial charge is 0.235 e. The molecule has 0 amide bonds. The molecule has 0 radical (unpaired) electrons. The molecule has 0 bridgehead atoms. The summed E-state index contributed by atoms with van der Waals surface area (Å²) in [5.41, 5.74) is -0.320. The Labute approximate surface area is 78.6 Å². The van der Waals surface area contributed by atoms with Crippen LogP contribution in [0.4, 0.5) is 0 Å². The summed E-state index contributed by atoms with van der Waals surface area (Å²) in [6, 6.07) is 0. The fourth-order valence-electron chi connectivity index (χ4n) is 1.47. The first-order valence-electron chi connectivity index (χ1n) is 4.53. The first-order chi connectivity index (χ1) is 6.14. The van der Waals surface area contributed by atoms with Crippen molar-refractivity contribution in [2.45, 2.75) is 19.4 Å². The van der Waals surface area contributed by atoms with E-state index >= 15 is 0 Å². The minimum absolute atomic E-state index is 0.320. The van der Waals surface area contributed by atoms with Gasteiger partial charge in [-0.25, -0.2) is 4.79 Å². The van der Waals surface area contributed by atoms with Gasteiger partial charge in [0.2, 0.25) is 6.08 Å². The number of carbonyl (C=O) groups excluding carboxylic acids is 1. The minimum Gasteiger partial charge on any atom is -0.379 e. The Bertz CT molecular complexity index is 204. The maximum Gasteiger partial charge on any atom is 0.235 e. The van der Waals surface area contributed by atoms with Gasteiger partial charge in [-0.2, -0.15) is 4.99 Å². The molecule has 0 aromatic rings. The Kier molecular flexibility index (Phi) is 3.60. The summed E-state index contributed by atoms with van der Waals surface area (Å²) in [5, 5.41) is 0. The Morgan fingerprint density at radius 1 is 1.46 bits per heavy atom. The second-order valence-corrected chi connectivity index (χ2v) is 3.90. The fourth-order valence-corrected chi connectivity index (χ4v) is 1.47. The molecule has 0 spiro atoms. The minimum atomic E-state index is -0.320. The zero-order valence-electron chi connectivity index (χ0n) is 8.25. The lowest BCUT2D eigenvalue weighted by molar-refractivity contribution is 0.0305. The quantitative estimate of drug-likeness (QED) is 0.472. The van der Waals surface area contributed by atoms with Gasteiger partial charge in [0, 0.05) is 19.6 Å². The summed E-state index contributed by atoms with van der Waals surface area (Å²) in [7, 11) is 0. The van der Waals surface area contributed by atoms with Gasteiger partial charge in [0.15, 0.2) is 0 Å². The van der Waals surface area contributed by atoms with Gasteiger partial charge in [-0.05, 0) is 13.8 Å². The third-order valence-electron chi connectivity index (χ3n) is 2.06. The van der Waals surface area contributed by atoms with Crippen molar-refractivity contribution in [2.24, 2.45) is 4.99 Å². The van der Waals surface area contributed by atoms with Crippen LogP contribution in [0.5, 0.6) is 0 Å². The largest absolute Gasteiger partial charge is 0.379 e. The molecule has 0 atom stereocenters. The van der Waals surface area contributed by atoms with Crippen LogP contribution < -0.4 is 0 Å². The Morgan fingerprint density at radius 2 is 2.08 bits per heavy atom. The molecule has 1 aliphatic heterocycles. The van der Waals surface area contributed by atoms with Crippen LogP contribution >= 0.6 is 0 Å². The van der Waals surface area contributed by atoms with E-state index in [1.165, 1.54) is 0 Å². The molecule has 74 valence electrons. The molecule has 0 unspecified atom stereocenters. The van der Waals surface area contributed by atoms with E-state index in [1.807, 2.05) is 13.8 Å². The highest BCUT2D eigenvalue weighted by molar-refractivity contribution is 5.34. The summed E-state index contributed by atoms with van der Waals surface area (Å²) in [6.07, 6.45) is 1.61. The molecule has 4 nitrogen and oxygen atoms in total. The van der Waals surface area contributed by atoms with Crippen LogP contribution in [0.1, 0.15) is 13.8 Å². The standard InChI is InChI=1S/C9H16N2O2/c1-9(2,10-8-12)7-11-3-5-13-6-4-11/h3-7H2,1-2H3. The van der Waals surface area contributed by atoms with Gasteiger partial charge in [0.05, 0.1) is 18.8 Å². The van der Waals surface area contributed by atoms with E-state index < -0.39 is 0 Å². The molecule has 0 aromatic carbocycles. The van der Waals surface area contributed by atoms with E-state index in [-0.39, 0.29) is 5.54 Å². The summed E-state index contributed by atoms with van der Waals surface area (Å²) in [4.78, 5) is 16.1. The van der Waals surface area contributed by atoms with Gasteiger partial charge >= 0.3 is 0 Å². The number of isocyanates is 1. The van der Waals surface area contributed by atoms with Crippen molar-refractivity contribution in [3.63, 3.8) is 0 Å². The molecule has 1 aliphatic rings. The molecule has 1 fully saturated rings. The van der Waals surface area contributed by atoms with Gasteiger partial charge in [-0.15, -0.1) is 0 Å². The lowest BCUT2D eigenvalue weighted by atomic mass is 10.1. The van der Waals surface area contributed by atoms with Crippen molar-refractivity contribution < 1.29 is 9.53 Å². The Hall–Kier alpha value is -0.700. The molecule has 0 saturated carbocycles. The first kappa shape index (κ1) is 10.4. The van der Waals surface area contributed by atoms with E-state index in [0.29, 0.717) is 0 Å².